The van der Waals surface area contributed by atoms with Crippen molar-refractivity contribution in [2.24, 2.45) is 35.5 Å². The molecule has 1 saturated heterocycles. The fourth-order valence-corrected chi connectivity index (χ4v) is 12.2. The largest absolute Gasteiger partial charge is 0.396 e. The monoisotopic (exact) mass is 1310 g/mol. The van der Waals surface area contributed by atoms with Gasteiger partial charge in [0.2, 0.25) is 65.0 Å². The average molecular weight is 1310 g/mol. The van der Waals surface area contributed by atoms with Gasteiger partial charge in [-0.15, -0.1) is 0 Å². The molecule has 1 heterocycles. The third-order valence-corrected chi connectivity index (χ3v) is 18.1. The molecule has 0 radical (unpaired) electrons. The van der Waals surface area contributed by atoms with Crippen molar-refractivity contribution >= 4 is 76.7 Å². The Balaban J connectivity index is 4.50. The first-order valence-electron chi connectivity index (χ1n) is 32.6. The number of likely N-dealkylation sites (N-methyl/N-ethyl adjacent to an activating group) is 7. The molecule has 1 aliphatic rings. The summed E-state index contributed by atoms with van der Waals surface area (Å²) in [5, 5.41) is 32.2. The Kier molecular flexibility index (Phi) is 35.1. The highest BCUT2D eigenvalue weighted by Gasteiger charge is 2.45. The van der Waals surface area contributed by atoms with Gasteiger partial charge < -0.3 is 65.8 Å². The van der Waals surface area contributed by atoms with Crippen molar-refractivity contribution in [3.63, 3.8) is 0 Å². The fourth-order valence-electron chi connectivity index (χ4n) is 11.3. The second-order valence-corrected chi connectivity index (χ2v) is 28.9. The van der Waals surface area contributed by atoms with E-state index in [-0.39, 0.29) is 80.3 Å². The van der Waals surface area contributed by atoms with Crippen molar-refractivity contribution in [1.82, 2.24) is 55.6 Å². The zero-order valence-electron chi connectivity index (χ0n) is 59.7. The molecule has 0 spiro atoms. The molecule has 1 fully saturated rings. The predicted molar refractivity (Wildman–Crippen MR) is 356 cm³/mol. The van der Waals surface area contributed by atoms with Gasteiger partial charge in [-0.25, -0.2) is 0 Å². The first-order chi connectivity index (χ1) is 42.0. The van der Waals surface area contributed by atoms with E-state index in [9.17, 15) is 39.0 Å². The molecule has 91 heavy (non-hydrogen) atoms. The van der Waals surface area contributed by atoms with Crippen molar-refractivity contribution < 1.29 is 63.0 Å². The molecule has 24 nitrogen and oxygen atoms in total. The van der Waals surface area contributed by atoms with E-state index in [0.717, 1.165) is 16.7 Å². The summed E-state index contributed by atoms with van der Waals surface area (Å²) >= 11 is 1.16. The van der Waals surface area contributed by atoms with E-state index in [1.165, 1.54) is 106 Å². The molecule has 11 amide bonds. The van der Waals surface area contributed by atoms with Crippen molar-refractivity contribution in [3.8, 4) is 0 Å². The lowest BCUT2D eigenvalue weighted by atomic mass is 9.94. The minimum absolute atomic E-state index is 0.0291. The van der Waals surface area contributed by atoms with Crippen LogP contribution in [0.25, 0.3) is 0 Å². The van der Waals surface area contributed by atoms with E-state index in [2.05, 4.69) is 21.3 Å². The molecular weight excluding hydrogens is 1190 g/mol. The standard InChI is InChI=1S/C66H119N11O13S/c1-25-27-28-43(13)35-49-57(81)69-46(26-2)60(84)76(23)52(37-91-32-31-78)63(87)75(22)51(36-66(16,17)90)58(82)70-53(41(9)10)64(88)72(19)48(33-39(5)6)56(80)67-44(14)55(79)68-45(15)59(83)74(21)50(34-40(7)8)62(86)71(18)47(30-29-38(3)4)61(85)77(24)54(42(11)12)65(89)73(49)20/h25,27,38-54,78,90H,26,28-37H2,1-24H3,(H,67,80)(H,68,79)(H,69,81)(H,70,82)/b27-25+/t43-,44-,45+,46-,47-,48-,49+,50+,51+,52-,53-,54-/m1/s1. The van der Waals surface area contributed by atoms with Gasteiger partial charge in [-0.2, -0.15) is 11.8 Å². The average Bonchev–Trinajstić information content (AvgIpc) is 2.07. The third kappa shape index (κ3) is 24.9. The Bertz CT molecular complexity index is 2470. The molecule has 12 atom stereocenters. The van der Waals surface area contributed by atoms with Crippen LogP contribution in [0, 0.1) is 35.5 Å². The van der Waals surface area contributed by atoms with Gasteiger partial charge in [0.15, 0.2) is 0 Å². The van der Waals surface area contributed by atoms with Crippen LogP contribution in [0.2, 0.25) is 0 Å². The number of allylic oxidation sites excluding steroid dienone is 2. The van der Waals surface area contributed by atoms with E-state index in [0.29, 0.717) is 12.8 Å². The van der Waals surface area contributed by atoms with Gasteiger partial charge in [0.1, 0.15) is 66.5 Å². The molecule has 1 aliphatic heterocycles. The maximum absolute atomic E-state index is 15.3. The molecule has 6 N–H and O–H groups in total. The number of hydrogen-bond donors (Lipinski definition) is 6. The number of aliphatic hydroxyl groups is 2. The van der Waals surface area contributed by atoms with E-state index in [1.807, 2.05) is 67.5 Å². The van der Waals surface area contributed by atoms with Crippen LogP contribution >= 0.6 is 11.8 Å². The van der Waals surface area contributed by atoms with Crippen molar-refractivity contribution in [3.05, 3.63) is 12.2 Å². The lowest BCUT2D eigenvalue weighted by Gasteiger charge is -2.41. The minimum atomic E-state index is -1.58. The summed E-state index contributed by atoms with van der Waals surface area (Å²) in [5.41, 5.74) is -1.58. The second-order valence-electron chi connectivity index (χ2n) is 27.8. The maximum atomic E-state index is 15.3. The summed E-state index contributed by atoms with van der Waals surface area (Å²) in [6.07, 6.45) is 5.14. The zero-order valence-corrected chi connectivity index (χ0v) is 60.5. The van der Waals surface area contributed by atoms with Crippen LogP contribution in [0.5, 0.6) is 0 Å². The van der Waals surface area contributed by atoms with Crippen LogP contribution in [-0.4, -0.2) is 249 Å². The topological polar surface area (TPSA) is 299 Å². The smallest absolute Gasteiger partial charge is 0.246 e. The number of aliphatic hydroxyl groups excluding tert-OH is 1. The van der Waals surface area contributed by atoms with Crippen LogP contribution in [0.15, 0.2) is 12.2 Å². The van der Waals surface area contributed by atoms with Crippen molar-refractivity contribution in [2.45, 2.75) is 241 Å². The first kappa shape index (κ1) is 83.2. The van der Waals surface area contributed by atoms with Crippen molar-refractivity contribution in [1.29, 1.82) is 0 Å². The van der Waals surface area contributed by atoms with Crippen LogP contribution in [0.1, 0.15) is 169 Å². The molecular formula is C66H119N11O13S. The number of carbonyl (C=O) groups excluding carboxylic acids is 11. The third-order valence-electron chi connectivity index (χ3n) is 17.0. The first-order valence-corrected chi connectivity index (χ1v) is 33.8. The van der Waals surface area contributed by atoms with E-state index < -0.39 is 149 Å². The van der Waals surface area contributed by atoms with Crippen molar-refractivity contribution in [2.75, 3.05) is 67.4 Å². The summed E-state index contributed by atoms with van der Waals surface area (Å²) in [6, 6.07) is -13.7. The van der Waals surface area contributed by atoms with E-state index >= 15 is 24.0 Å². The number of nitrogens with zero attached hydrogens (tertiary/aromatic N) is 7. The number of hydrogen-bond acceptors (Lipinski definition) is 14. The second kappa shape index (κ2) is 38.4. The van der Waals surface area contributed by atoms with Crippen LogP contribution in [0.3, 0.4) is 0 Å². The van der Waals surface area contributed by atoms with Gasteiger partial charge in [0, 0.05) is 67.3 Å². The fraction of sp³-hybridized carbons (Fsp3) is 0.803. The highest BCUT2D eigenvalue weighted by atomic mass is 32.2. The Hall–Kier alpha value is -5.82. The quantitative estimate of drug-likeness (QED) is 0.0745. The molecule has 0 aromatic carbocycles. The van der Waals surface area contributed by atoms with E-state index in [4.69, 9.17) is 0 Å². The van der Waals surface area contributed by atoms with E-state index in [1.54, 1.807) is 34.6 Å². The molecule has 0 aromatic rings. The molecule has 0 aromatic heterocycles. The Morgan fingerprint density at radius 1 is 0.505 bits per heavy atom. The molecule has 0 saturated carbocycles. The zero-order chi connectivity index (χ0) is 70.4. The molecule has 0 aliphatic carbocycles. The predicted octanol–water partition coefficient (Wildman–Crippen LogP) is 3.90. The van der Waals surface area contributed by atoms with Gasteiger partial charge in [-0.1, -0.05) is 95.2 Å². The summed E-state index contributed by atoms with van der Waals surface area (Å²) in [5.74, 6) is -8.88. The van der Waals surface area contributed by atoms with Gasteiger partial charge in [-0.3, -0.25) is 52.7 Å². The summed E-state index contributed by atoms with van der Waals surface area (Å²) in [6.45, 7) is 29.3. The molecule has 0 bridgehead atoms. The van der Waals surface area contributed by atoms with Gasteiger partial charge in [-0.05, 0) is 115 Å². The lowest BCUT2D eigenvalue weighted by Crippen LogP contribution is -2.62. The molecule has 522 valence electrons. The van der Waals surface area contributed by atoms with Crippen LogP contribution < -0.4 is 21.3 Å². The summed E-state index contributed by atoms with van der Waals surface area (Å²) < 4.78 is 0. The Morgan fingerprint density at radius 2 is 0.956 bits per heavy atom. The maximum Gasteiger partial charge on any atom is 0.246 e. The number of nitrogens with one attached hydrogen (secondary N) is 4. The lowest BCUT2D eigenvalue weighted by molar-refractivity contribution is -0.156. The van der Waals surface area contributed by atoms with Crippen LogP contribution in [-0.2, 0) is 52.7 Å². The SMILES string of the molecule is C/C=C/C[C@@H](C)C[C@H]1C(=O)N[C@H](CC)C(=O)N(C)[C@H](CSCCO)C(=O)N(C)[C@@H](CC(C)(C)O)C(=O)N[C@H](C(C)C)C(=O)N(C)[C@H](CC(C)C)C(=O)N[C@H](C)C(=O)N[C@@H](C)C(=O)N(C)[C@@H](CC(C)C)C(=O)N(C)[C@H](CCC(C)C)C(=O)N(C)[C@H](C(C)C)C(=O)N1C. The Morgan fingerprint density at radius 3 is 1.45 bits per heavy atom. The number of rotatable bonds is 20. The summed E-state index contributed by atoms with van der Waals surface area (Å²) in [7, 11) is 10.1. The number of carbonyl (C=O) groups is 11. The normalized spacial score (nSPS) is 26.5. The highest BCUT2D eigenvalue weighted by molar-refractivity contribution is 7.99. The minimum Gasteiger partial charge on any atom is -0.396 e. The van der Waals surface area contributed by atoms with Gasteiger partial charge in [0.25, 0.3) is 0 Å². The molecule has 25 heteroatoms. The molecule has 0 unspecified atom stereocenters. The van der Waals surface area contributed by atoms with Crippen LogP contribution in [0.4, 0.5) is 0 Å². The van der Waals surface area contributed by atoms with Gasteiger partial charge in [0.05, 0.1) is 12.2 Å². The summed E-state index contributed by atoms with van der Waals surface area (Å²) in [4.78, 5) is 172. The number of thioether (sulfide) groups is 1. The number of amides is 11. The molecule has 1 rings (SSSR count). The highest BCUT2D eigenvalue weighted by Crippen LogP contribution is 2.26. The Labute approximate surface area is 549 Å². The van der Waals surface area contributed by atoms with Gasteiger partial charge >= 0.3 is 0 Å².